The number of hydrogen-bond donors (Lipinski definition) is 0. The Balaban J connectivity index is 1.30. The zero-order valence-electron chi connectivity index (χ0n) is 25.9. The number of nitrogens with zero attached hydrogens (tertiary/aromatic N) is 2. The highest BCUT2D eigenvalue weighted by atomic mass is 17.0. The molecule has 0 spiro atoms. The van der Waals surface area contributed by atoms with Crippen molar-refractivity contribution >= 4 is 22.7 Å². The second kappa shape index (κ2) is 14.9. The number of aryl methyl sites for hydroxylation is 1. The monoisotopic (exact) mass is 624 g/mol. The number of furan rings is 1. The Morgan fingerprint density at radius 2 is 1.67 bits per heavy atom. The van der Waals surface area contributed by atoms with Gasteiger partial charge in [0, 0.05) is 23.9 Å². The van der Waals surface area contributed by atoms with Gasteiger partial charge in [0.1, 0.15) is 29.3 Å². The van der Waals surface area contributed by atoms with E-state index < -0.39 is 35.5 Å². The Kier molecular flexibility index (Phi) is 10.7. The van der Waals surface area contributed by atoms with Crippen LogP contribution in [0.1, 0.15) is 71.6 Å². The van der Waals surface area contributed by atoms with Crippen LogP contribution in [-0.2, 0) is 25.5 Å². The summed E-state index contributed by atoms with van der Waals surface area (Å²) in [6, 6.07) is 11.9. The number of unbranched alkanes of at least 4 members (excludes halogenated alkanes) is 1. The number of hydrogen-bond acceptors (Lipinski definition) is 11. The van der Waals surface area contributed by atoms with Crippen LogP contribution in [0, 0.1) is 10.1 Å². The van der Waals surface area contributed by atoms with Crippen LogP contribution in [0.25, 0.3) is 11.0 Å². The van der Waals surface area contributed by atoms with Gasteiger partial charge in [0.15, 0.2) is 18.0 Å². The fourth-order valence-electron chi connectivity index (χ4n) is 5.84. The lowest BCUT2D eigenvalue weighted by Gasteiger charge is -2.16. The lowest BCUT2D eigenvalue weighted by molar-refractivity contribution is -0.769. The molecule has 45 heavy (non-hydrogen) atoms. The number of esters is 1. The molecule has 3 heterocycles. The largest absolute Gasteiger partial charge is 0.494 e. The van der Waals surface area contributed by atoms with Crippen molar-refractivity contribution in [3.05, 3.63) is 75.0 Å². The molecule has 2 aliphatic rings. The van der Waals surface area contributed by atoms with Crippen LogP contribution in [0.2, 0.25) is 0 Å². The van der Waals surface area contributed by atoms with Gasteiger partial charge in [-0.3, -0.25) is 4.79 Å². The number of ketones is 1. The van der Waals surface area contributed by atoms with Crippen molar-refractivity contribution in [3.8, 4) is 5.75 Å². The van der Waals surface area contributed by atoms with Gasteiger partial charge >= 0.3 is 5.97 Å². The van der Waals surface area contributed by atoms with Gasteiger partial charge in [0.2, 0.25) is 0 Å². The first-order valence-corrected chi connectivity index (χ1v) is 15.6. The lowest BCUT2D eigenvalue weighted by atomic mass is 9.97. The molecular formula is C33H40N2O10. The molecule has 12 heteroatoms. The average Bonchev–Trinajstić information content (AvgIpc) is 3.72. The predicted molar refractivity (Wildman–Crippen MR) is 163 cm³/mol. The summed E-state index contributed by atoms with van der Waals surface area (Å²) < 4.78 is 28.9. The van der Waals surface area contributed by atoms with Crippen LogP contribution in [0.3, 0.4) is 0 Å². The van der Waals surface area contributed by atoms with E-state index in [2.05, 4.69) is 30.6 Å². The van der Waals surface area contributed by atoms with Gasteiger partial charge < -0.3 is 33.1 Å². The number of benzene rings is 2. The van der Waals surface area contributed by atoms with Gasteiger partial charge in [-0.15, -0.1) is 10.1 Å². The molecule has 242 valence electrons. The van der Waals surface area contributed by atoms with Crippen molar-refractivity contribution in [1.29, 1.82) is 0 Å². The summed E-state index contributed by atoms with van der Waals surface area (Å²) in [6.45, 7) is 6.80. The van der Waals surface area contributed by atoms with Crippen molar-refractivity contribution in [3.63, 3.8) is 0 Å². The molecule has 0 bridgehead atoms. The Morgan fingerprint density at radius 1 is 0.956 bits per heavy atom. The minimum absolute atomic E-state index is 0.0210. The van der Waals surface area contributed by atoms with Crippen LogP contribution in [0.15, 0.2) is 46.9 Å². The molecule has 0 aliphatic carbocycles. The first-order chi connectivity index (χ1) is 21.8. The molecule has 12 nitrogen and oxygen atoms in total. The van der Waals surface area contributed by atoms with E-state index in [1.165, 1.54) is 0 Å². The van der Waals surface area contributed by atoms with Crippen LogP contribution in [-0.4, -0.2) is 86.1 Å². The van der Waals surface area contributed by atoms with Gasteiger partial charge in [-0.25, -0.2) is 4.79 Å². The zero-order chi connectivity index (χ0) is 31.9. The first-order valence-electron chi connectivity index (χ1n) is 15.6. The third-order valence-corrected chi connectivity index (χ3v) is 8.10. The van der Waals surface area contributed by atoms with Crippen molar-refractivity contribution in [2.45, 2.75) is 70.4 Å². The summed E-state index contributed by atoms with van der Waals surface area (Å²) in [5.41, 5.74) is 1.63. The number of fused-ring (bicyclic) bond motifs is 2. The smallest absolute Gasteiger partial charge is 0.338 e. The number of rotatable bonds is 16. The highest BCUT2D eigenvalue weighted by Gasteiger charge is 2.51. The molecule has 1 aromatic heterocycles. The average molecular weight is 625 g/mol. The Morgan fingerprint density at radius 3 is 2.38 bits per heavy atom. The van der Waals surface area contributed by atoms with Gasteiger partial charge in [-0.1, -0.05) is 20.3 Å². The fraction of sp³-hybridized carbons (Fsp3) is 0.515. The summed E-state index contributed by atoms with van der Waals surface area (Å²) in [5, 5.41) is 10.4. The third kappa shape index (κ3) is 7.63. The molecule has 0 unspecified atom stereocenters. The van der Waals surface area contributed by atoms with E-state index in [1.54, 1.807) is 42.5 Å². The highest BCUT2D eigenvalue weighted by molar-refractivity contribution is 6.17. The molecule has 3 aromatic rings. The predicted octanol–water partition coefficient (Wildman–Crippen LogP) is 5.02. The first kappa shape index (κ1) is 32.4. The van der Waals surface area contributed by atoms with Crippen LogP contribution in [0.4, 0.5) is 0 Å². The molecule has 2 fully saturated rings. The molecular weight excluding hydrogens is 584 g/mol. The van der Waals surface area contributed by atoms with E-state index in [-0.39, 0.29) is 24.6 Å². The van der Waals surface area contributed by atoms with Gasteiger partial charge in [0.05, 0.1) is 30.9 Å². The summed E-state index contributed by atoms with van der Waals surface area (Å²) in [4.78, 5) is 44.8. The normalized spacial score (nSPS) is 20.8. The maximum atomic E-state index is 13.9. The van der Waals surface area contributed by atoms with E-state index in [0.717, 1.165) is 38.8 Å². The molecule has 0 amide bonds. The number of carbonyl (C=O) groups excluding carboxylic acids is 2. The Hall–Kier alpha value is -4.00. The Bertz CT molecular complexity index is 1490. The zero-order valence-corrected chi connectivity index (χ0v) is 25.9. The molecule has 0 saturated carbocycles. The van der Waals surface area contributed by atoms with E-state index in [4.69, 9.17) is 23.4 Å². The number of ether oxygens (including phenoxy) is 4. The topological polar surface area (TPSA) is 140 Å². The number of carbonyl (C=O) groups is 2. The molecule has 5 rings (SSSR count). The maximum absolute atomic E-state index is 13.9. The van der Waals surface area contributed by atoms with Gasteiger partial charge in [0.25, 0.3) is 5.09 Å². The van der Waals surface area contributed by atoms with E-state index in [1.807, 2.05) is 0 Å². The SMILES string of the molecule is CCCCc1oc2ccc(C(=O)O[C@@H]3CO[C@H]4[C@@H]3OC[C@@H]4O[N+](=O)[O-])cc2c1C(=O)c1ccc(OCCCN(C)CCC)cc1. The van der Waals surface area contributed by atoms with Crippen molar-refractivity contribution in [2.75, 3.05) is 40.0 Å². The minimum Gasteiger partial charge on any atom is -0.494 e. The second-order valence-electron chi connectivity index (χ2n) is 11.5. The summed E-state index contributed by atoms with van der Waals surface area (Å²) in [5.74, 6) is 0.424. The Labute approximate surface area is 261 Å². The second-order valence-corrected chi connectivity index (χ2v) is 11.5. The summed E-state index contributed by atoms with van der Waals surface area (Å²) in [6.07, 6.45) is 1.32. The third-order valence-electron chi connectivity index (χ3n) is 8.10. The van der Waals surface area contributed by atoms with E-state index >= 15 is 0 Å². The van der Waals surface area contributed by atoms with Crippen LogP contribution < -0.4 is 4.74 Å². The van der Waals surface area contributed by atoms with Crippen LogP contribution in [0.5, 0.6) is 5.75 Å². The van der Waals surface area contributed by atoms with E-state index in [9.17, 15) is 19.7 Å². The fourth-order valence-corrected chi connectivity index (χ4v) is 5.84. The quantitative estimate of drug-likeness (QED) is 0.0698. The molecule has 0 radical (unpaired) electrons. The van der Waals surface area contributed by atoms with Crippen molar-refractivity contribution in [1.82, 2.24) is 4.90 Å². The summed E-state index contributed by atoms with van der Waals surface area (Å²) in [7, 11) is 2.10. The minimum atomic E-state index is -0.885. The molecule has 4 atom stereocenters. The highest BCUT2D eigenvalue weighted by Crippen LogP contribution is 2.33. The van der Waals surface area contributed by atoms with Crippen molar-refractivity contribution in [2.24, 2.45) is 0 Å². The molecule has 2 aliphatic heterocycles. The molecule has 2 aromatic carbocycles. The lowest BCUT2D eigenvalue weighted by Crippen LogP contribution is -2.35. The summed E-state index contributed by atoms with van der Waals surface area (Å²) >= 11 is 0. The van der Waals surface area contributed by atoms with E-state index in [0.29, 0.717) is 46.6 Å². The standard InChI is InChI=1S/C33H40N2O10/c1-4-6-8-26-29(30(36)21-9-12-23(13-10-21)40-17-7-16-34(3)15-5-2)24-18-22(11-14-25(24)43-26)33(37)44-27-19-41-32-28(45-35(38)39)20-42-31(27)32/h9-14,18,27-28,31-32H,4-8,15-17,19-20H2,1-3H3/t27-,28+,31-,32-/m1/s1. The van der Waals surface area contributed by atoms with Gasteiger partial charge in [-0.2, -0.15) is 0 Å². The maximum Gasteiger partial charge on any atom is 0.338 e. The molecule has 0 N–H and O–H groups in total. The molecule has 2 saturated heterocycles. The van der Waals surface area contributed by atoms with Crippen LogP contribution >= 0.6 is 0 Å². The van der Waals surface area contributed by atoms with Crippen molar-refractivity contribution < 1.29 is 42.9 Å². The van der Waals surface area contributed by atoms with Gasteiger partial charge in [-0.05, 0) is 75.3 Å².